The number of benzene rings is 1. The number of hydrogen-bond donors (Lipinski definition) is 3. The molecule has 0 heterocycles. The Morgan fingerprint density at radius 1 is 1.11 bits per heavy atom. The summed E-state index contributed by atoms with van der Waals surface area (Å²) in [6, 6.07) is 4.68. The molecule has 1 rings (SSSR count). The van der Waals surface area contributed by atoms with Crippen molar-refractivity contribution in [3.05, 3.63) is 35.4 Å². The van der Waals surface area contributed by atoms with E-state index in [1.807, 2.05) is 34.6 Å². The molecule has 150 valence electrons. The van der Waals surface area contributed by atoms with Crippen LogP contribution in [0.3, 0.4) is 0 Å². The summed E-state index contributed by atoms with van der Waals surface area (Å²) in [7, 11) is 0. The summed E-state index contributed by atoms with van der Waals surface area (Å²) in [6.45, 7) is 11.0. The molecule has 1 aromatic rings. The number of alkyl halides is 2. The highest BCUT2D eigenvalue weighted by Crippen LogP contribution is 2.15. The molecule has 0 saturated carbocycles. The Morgan fingerprint density at radius 3 is 2.04 bits per heavy atom. The lowest BCUT2D eigenvalue weighted by molar-refractivity contribution is -0.134. The molecule has 0 spiro atoms. The minimum absolute atomic E-state index is 0.160. The maximum absolute atomic E-state index is 12.8. The van der Waals surface area contributed by atoms with Gasteiger partial charge in [0.2, 0.25) is 6.43 Å². The lowest BCUT2D eigenvalue weighted by Crippen LogP contribution is -2.51. The van der Waals surface area contributed by atoms with E-state index in [-0.39, 0.29) is 11.0 Å². The maximum atomic E-state index is 12.8. The van der Waals surface area contributed by atoms with Crippen LogP contribution in [0.2, 0.25) is 0 Å². The fraction of sp³-hybridized carbons (Fsp3) is 0.500. The second-order valence-electron chi connectivity index (χ2n) is 6.70. The molecule has 2 unspecified atom stereocenters. The van der Waals surface area contributed by atoms with E-state index in [1.54, 1.807) is 12.1 Å². The first-order chi connectivity index (χ1) is 12.5. The van der Waals surface area contributed by atoms with E-state index in [4.69, 9.17) is 5.21 Å². The molecule has 0 bridgehead atoms. The van der Waals surface area contributed by atoms with E-state index in [0.29, 0.717) is 5.56 Å². The molecular weight excluding hydrogens is 354 g/mol. The van der Waals surface area contributed by atoms with Crippen molar-refractivity contribution in [3.8, 4) is 11.8 Å². The third-order valence-corrected chi connectivity index (χ3v) is 3.33. The summed E-state index contributed by atoms with van der Waals surface area (Å²) in [5.74, 6) is 2.76. The zero-order chi connectivity index (χ0) is 21.2. The molecule has 0 aliphatic carbocycles. The van der Waals surface area contributed by atoms with Gasteiger partial charge in [-0.25, -0.2) is 14.3 Å². The van der Waals surface area contributed by atoms with Crippen LogP contribution in [-0.2, 0) is 4.79 Å². The summed E-state index contributed by atoms with van der Waals surface area (Å²) in [4.78, 5) is 23.7. The van der Waals surface area contributed by atoms with Crippen LogP contribution in [0.15, 0.2) is 24.3 Å². The topological polar surface area (TPSA) is 78.4 Å². The standard InChI is InChI=1S/C18H22F2N2O3.C2H6/c1-11(15(19)20)14(17(24)22-25)21-16(23)13-7-5-12(6-8-13)9-10-18(2,3)4;1-2/h5-8,11,14-15,25H,1-4H3,(H,21,23)(H,22,24);1-2H3. The predicted octanol–water partition coefficient (Wildman–Crippen LogP) is 3.62. The first-order valence-electron chi connectivity index (χ1n) is 8.71. The molecule has 0 saturated heterocycles. The molecule has 1 aromatic carbocycles. The highest BCUT2D eigenvalue weighted by atomic mass is 19.3. The summed E-state index contributed by atoms with van der Waals surface area (Å²) in [6.07, 6.45) is -2.84. The van der Waals surface area contributed by atoms with Crippen molar-refractivity contribution in [1.82, 2.24) is 10.8 Å². The van der Waals surface area contributed by atoms with Gasteiger partial charge in [0, 0.05) is 22.5 Å². The Bertz CT molecular complexity index is 671. The van der Waals surface area contributed by atoms with Gasteiger partial charge in [0.1, 0.15) is 6.04 Å². The van der Waals surface area contributed by atoms with Crippen LogP contribution in [-0.4, -0.2) is 29.5 Å². The third-order valence-electron chi connectivity index (χ3n) is 3.33. The third kappa shape index (κ3) is 8.65. The number of carbonyl (C=O) groups is 2. The number of carbonyl (C=O) groups excluding carboxylic acids is 2. The average Bonchev–Trinajstić information content (AvgIpc) is 2.64. The van der Waals surface area contributed by atoms with Crippen LogP contribution in [0.4, 0.5) is 8.78 Å². The highest BCUT2D eigenvalue weighted by molar-refractivity contribution is 5.97. The summed E-state index contributed by atoms with van der Waals surface area (Å²) < 4.78 is 25.7. The van der Waals surface area contributed by atoms with Gasteiger partial charge < -0.3 is 5.32 Å². The second kappa shape index (κ2) is 11.3. The largest absolute Gasteiger partial charge is 0.340 e. The van der Waals surface area contributed by atoms with Gasteiger partial charge >= 0.3 is 0 Å². The molecule has 0 aliphatic rings. The van der Waals surface area contributed by atoms with Crippen LogP contribution >= 0.6 is 0 Å². The maximum Gasteiger partial charge on any atom is 0.266 e. The molecule has 5 nitrogen and oxygen atoms in total. The van der Waals surface area contributed by atoms with Gasteiger partial charge in [-0.3, -0.25) is 14.8 Å². The highest BCUT2D eigenvalue weighted by Gasteiger charge is 2.32. The predicted molar refractivity (Wildman–Crippen MR) is 100 cm³/mol. The fourth-order valence-electron chi connectivity index (χ4n) is 1.84. The van der Waals surface area contributed by atoms with Crippen molar-refractivity contribution in [3.63, 3.8) is 0 Å². The van der Waals surface area contributed by atoms with E-state index in [9.17, 15) is 18.4 Å². The Balaban J connectivity index is 0.00000326. The Labute approximate surface area is 159 Å². The van der Waals surface area contributed by atoms with Gasteiger partial charge in [0.05, 0.1) is 0 Å². The fourth-order valence-corrected chi connectivity index (χ4v) is 1.84. The minimum atomic E-state index is -2.84. The second-order valence-corrected chi connectivity index (χ2v) is 6.70. The monoisotopic (exact) mass is 382 g/mol. The number of amides is 2. The van der Waals surface area contributed by atoms with E-state index in [0.717, 1.165) is 6.92 Å². The van der Waals surface area contributed by atoms with Gasteiger partial charge in [0.15, 0.2) is 0 Å². The van der Waals surface area contributed by atoms with Crippen LogP contribution in [0, 0.1) is 23.2 Å². The Kier molecular flexibility index (Phi) is 10.3. The Morgan fingerprint density at radius 2 is 1.63 bits per heavy atom. The van der Waals surface area contributed by atoms with Crippen LogP contribution in [0.25, 0.3) is 0 Å². The number of halogens is 2. The molecule has 2 atom stereocenters. The van der Waals surface area contributed by atoms with Gasteiger partial charge in [-0.15, -0.1) is 0 Å². The van der Waals surface area contributed by atoms with Crippen molar-refractivity contribution in [1.29, 1.82) is 0 Å². The van der Waals surface area contributed by atoms with Gasteiger partial charge in [-0.1, -0.05) is 32.6 Å². The first-order valence-corrected chi connectivity index (χ1v) is 8.71. The number of nitrogens with one attached hydrogen (secondary N) is 2. The molecule has 3 N–H and O–H groups in total. The van der Waals surface area contributed by atoms with Crippen LogP contribution in [0.5, 0.6) is 0 Å². The molecule has 7 heteroatoms. The molecule has 0 aliphatic heterocycles. The van der Waals surface area contributed by atoms with E-state index < -0.39 is 30.2 Å². The molecule has 2 amide bonds. The molecule has 0 fully saturated rings. The first kappa shape index (κ1) is 24.5. The molecule has 0 radical (unpaired) electrons. The number of rotatable bonds is 5. The average molecular weight is 382 g/mol. The normalized spacial score (nSPS) is 12.7. The number of hydroxylamine groups is 1. The smallest absolute Gasteiger partial charge is 0.266 e. The van der Waals surface area contributed by atoms with Gasteiger partial charge in [0.25, 0.3) is 11.8 Å². The quantitative estimate of drug-likeness (QED) is 0.413. The van der Waals surface area contributed by atoms with Crippen molar-refractivity contribution < 1.29 is 23.6 Å². The van der Waals surface area contributed by atoms with Crippen LogP contribution < -0.4 is 10.8 Å². The zero-order valence-electron chi connectivity index (χ0n) is 16.6. The summed E-state index contributed by atoms with van der Waals surface area (Å²) in [5.41, 5.74) is 2.03. The van der Waals surface area contributed by atoms with Crippen LogP contribution in [0.1, 0.15) is 57.5 Å². The van der Waals surface area contributed by atoms with Crippen molar-refractivity contribution in [2.75, 3.05) is 0 Å². The number of hydrogen-bond acceptors (Lipinski definition) is 3. The lowest BCUT2D eigenvalue weighted by atomic mass is 9.97. The Hall–Kier alpha value is -2.46. The lowest BCUT2D eigenvalue weighted by Gasteiger charge is -2.22. The molecule has 0 aromatic heterocycles. The van der Waals surface area contributed by atoms with Crippen molar-refractivity contribution >= 4 is 11.8 Å². The molecular formula is C20H28F2N2O3. The van der Waals surface area contributed by atoms with Gasteiger partial charge in [-0.05, 0) is 45.0 Å². The van der Waals surface area contributed by atoms with E-state index >= 15 is 0 Å². The summed E-state index contributed by atoms with van der Waals surface area (Å²) >= 11 is 0. The van der Waals surface area contributed by atoms with E-state index in [1.165, 1.54) is 17.6 Å². The van der Waals surface area contributed by atoms with Crippen molar-refractivity contribution in [2.24, 2.45) is 11.3 Å². The molecule has 27 heavy (non-hydrogen) atoms. The van der Waals surface area contributed by atoms with Gasteiger partial charge in [-0.2, -0.15) is 0 Å². The SMILES string of the molecule is CC.CC(C(F)F)C(NC(=O)c1ccc(C#CC(C)(C)C)cc1)C(=O)NO. The van der Waals surface area contributed by atoms with Crippen molar-refractivity contribution in [2.45, 2.75) is 54.0 Å². The summed E-state index contributed by atoms with van der Waals surface area (Å²) in [5, 5.41) is 10.9. The zero-order valence-corrected chi connectivity index (χ0v) is 16.6. The minimum Gasteiger partial charge on any atom is -0.340 e. The van der Waals surface area contributed by atoms with E-state index in [2.05, 4.69) is 17.2 Å².